The second-order valence-electron chi connectivity index (χ2n) is 5.90. The fourth-order valence-electron chi connectivity index (χ4n) is 2.93. The number of hydrogen-bond donors (Lipinski definition) is 0. The number of rotatable bonds is 3. The number of hydrogen-bond acceptors (Lipinski definition) is 4. The summed E-state index contributed by atoms with van der Waals surface area (Å²) in [6.07, 6.45) is 2.60. The van der Waals surface area contributed by atoms with Gasteiger partial charge in [0.25, 0.3) is 5.91 Å². The monoisotopic (exact) mass is 408 g/mol. The first-order valence-corrected chi connectivity index (χ1v) is 9.32. The predicted octanol–water partition coefficient (Wildman–Crippen LogP) is 3.56. The zero-order valence-corrected chi connectivity index (χ0v) is 14.7. The average Bonchev–Trinajstić information content (AvgIpc) is 3.24. The average molecular weight is 408 g/mol. The first-order chi connectivity index (χ1) is 13.2. The first-order valence-electron chi connectivity index (χ1n) is 7.91. The maximum atomic E-state index is 13.0. The van der Waals surface area contributed by atoms with E-state index in [4.69, 9.17) is 0 Å². The van der Waals surface area contributed by atoms with Crippen molar-refractivity contribution in [2.24, 2.45) is 0 Å². The molecule has 28 heavy (non-hydrogen) atoms. The summed E-state index contributed by atoms with van der Waals surface area (Å²) in [5, 5.41) is 1.10. The van der Waals surface area contributed by atoms with Crippen molar-refractivity contribution in [2.75, 3.05) is 0 Å². The van der Waals surface area contributed by atoms with Gasteiger partial charge in [0.2, 0.25) is 0 Å². The summed E-state index contributed by atoms with van der Waals surface area (Å²) in [5.41, 5.74) is -4.71. The number of alkyl halides is 3. The molecule has 10 heteroatoms. The molecule has 0 fully saturated rings. The third-order valence-electron chi connectivity index (χ3n) is 4.21. The maximum absolute atomic E-state index is 13.0. The third kappa shape index (κ3) is 2.82. The summed E-state index contributed by atoms with van der Waals surface area (Å²) in [6.45, 7) is 0. The third-order valence-corrected chi connectivity index (χ3v) is 5.13. The molecule has 0 bridgehead atoms. The number of halogens is 3. The Bertz CT molecular complexity index is 1320. The molecule has 0 N–H and O–H groups in total. The van der Waals surface area contributed by atoms with Crippen molar-refractivity contribution in [3.05, 3.63) is 72.6 Å². The van der Waals surface area contributed by atoms with E-state index in [1.807, 2.05) is 12.1 Å². The molecule has 2 heterocycles. The standard InChI is InChI=1S/C18H11F3N2O4S/c19-18(20,21)28(25,26)27-23-11-9-13-14(5-3-7-16(13)23)17(24)22-10-8-12-4-1-2-6-15(12)22/h1-11H. The fourth-order valence-corrected chi connectivity index (χ4v) is 3.36. The van der Waals surface area contributed by atoms with Gasteiger partial charge in [0.1, 0.15) is 0 Å². The molecule has 144 valence electrons. The highest BCUT2D eigenvalue weighted by molar-refractivity contribution is 7.87. The van der Waals surface area contributed by atoms with Crippen molar-refractivity contribution in [3.8, 4) is 0 Å². The lowest BCUT2D eigenvalue weighted by molar-refractivity contribution is -0.0543. The van der Waals surface area contributed by atoms with E-state index in [2.05, 4.69) is 4.28 Å². The van der Waals surface area contributed by atoms with Crippen LogP contribution in [0, 0.1) is 0 Å². The van der Waals surface area contributed by atoms with Gasteiger partial charge in [-0.05, 0) is 30.3 Å². The molecule has 0 saturated carbocycles. The van der Waals surface area contributed by atoms with Gasteiger partial charge < -0.3 is 0 Å². The lowest BCUT2D eigenvalue weighted by Gasteiger charge is -2.11. The van der Waals surface area contributed by atoms with Crippen LogP contribution in [0.4, 0.5) is 13.2 Å². The zero-order chi connectivity index (χ0) is 20.1. The van der Waals surface area contributed by atoms with Crippen LogP contribution in [0.3, 0.4) is 0 Å². The molecule has 0 amide bonds. The Morgan fingerprint density at radius 2 is 1.61 bits per heavy atom. The van der Waals surface area contributed by atoms with E-state index in [9.17, 15) is 26.4 Å². The van der Waals surface area contributed by atoms with Crippen molar-refractivity contribution in [2.45, 2.75) is 5.51 Å². The molecule has 0 radical (unpaired) electrons. The molecular weight excluding hydrogens is 397 g/mol. The summed E-state index contributed by atoms with van der Waals surface area (Å²) in [5.74, 6) is -0.414. The van der Waals surface area contributed by atoms with Crippen LogP contribution < -0.4 is 4.28 Å². The molecule has 0 aliphatic rings. The Hall–Kier alpha value is -3.27. The Labute approximate surface area is 156 Å². The van der Waals surface area contributed by atoms with Gasteiger partial charge in [-0.15, -0.1) is 0 Å². The van der Waals surface area contributed by atoms with E-state index in [0.29, 0.717) is 10.2 Å². The minimum atomic E-state index is -5.84. The Balaban J connectivity index is 1.80. The van der Waals surface area contributed by atoms with Crippen molar-refractivity contribution < 1.29 is 30.7 Å². The van der Waals surface area contributed by atoms with Crippen molar-refractivity contribution in [1.82, 2.24) is 9.30 Å². The van der Waals surface area contributed by atoms with Gasteiger partial charge in [0.15, 0.2) is 0 Å². The molecular formula is C18H11F3N2O4S. The molecule has 0 spiro atoms. The van der Waals surface area contributed by atoms with E-state index in [1.54, 1.807) is 24.4 Å². The summed E-state index contributed by atoms with van der Waals surface area (Å²) < 4.78 is 66.3. The quantitative estimate of drug-likeness (QED) is 0.486. The van der Waals surface area contributed by atoms with Crippen LogP contribution in [-0.4, -0.2) is 29.1 Å². The first kappa shape index (κ1) is 18.1. The Morgan fingerprint density at radius 3 is 2.36 bits per heavy atom. The van der Waals surface area contributed by atoms with Gasteiger partial charge in [-0.2, -0.15) is 26.3 Å². The van der Waals surface area contributed by atoms with Gasteiger partial charge in [-0.1, -0.05) is 24.3 Å². The topological polar surface area (TPSA) is 70.3 Å². The van der Waals surface area contributed by atoms with Crippen LogP contribution in [0.5, 0.6) is 0 Å². The molecule has 0 unspecified atom stereocenters. The highest BCUT2D eigenvalue weighted by Gasteiger charge is 2.49. The number of benzene rings is 2. The molecule has 0 saturated heterocycles. The number of carbonyl (C=O) groups is 1. The highest BCUT2D eigenvalue weighted by Crippen LogP contribution is 2.26. The van der Waals surface area contributed by atoms with Gasteiger partial charge in [0, 0.05) is 28.7 Å². The minimum Gasteiger partial charge on any atom is -0.283 e. The van der Waals surface area contributed by atoms with Crippen molar-refractivity contribution in [1.29, 1.82) is 0 Å². The van der Waals surface area contributed by atoms with Gasteiger partial charge in [-0.3, -0.25) is 13.6 Å². The maximum Gasteiger partial charge on any atom is 0.536 e. The van der Waals surface area contributed by atoms with Crippen molar-refractivity contribution in [3.63, 3.8) is 0 Å². The lowest BCUT2D eigenvalue weighted by Crippen LogP contribution is -2.32. The van der Waals surface area contributed by atoms with Gasteiger partial charge in [-0.25, -0.2) is 0 Å². The minimum absolute atomic E-state index is 0.00939. The molecule has 4 aromatic rings. The number of aromatic nitrogens is 2. The van der Waals surface area contributed by atoms with Crippen LogP contribution in [-0.2, 0) is 10.1 Å². The van der Waals surface area contributed by atoms with Crippen LogP contribution in [0.25, 0.3) is 21.8 Å². The fraction of sp³-hybridized carbons (Fsp3) is 0.0556. The smallest absolute Gasteiger partial charge is 0.283 e. The zero-order valence-electron chi connectivity index (χ0n) is 13.9. The second-order valence-corrected chi connectivity index (χ2v) is 7.42. The van der Waals surface area contributed by atoms with Crippen LogP contribution in [0.15, 0.2) is 67.0 Å². The summed E-state index contributed by atoms with van der Waals surface area (Å²) in [6, 6.07) is 14.6. The molecule has 2 aromatic heterocycles. The number of nitrogens with zero attached hydrogens (tertiary/aromatic N) is 2. The molecule has 2 aromatic carbocycles. The van der Waals surface area contributed by atoms with E-state index in [1.165, 1.54) is 28.8 Å². The van der Waals surface area contributed by atoms with Gasteiger partial charge >= 0.3 is 15.6 Å². The summed E-state index contributed by atoms with van der Waals surface area (Å²) in [7, 11) is -5.84. The lowest BCUT2D eigenvalue weighted by atomic mass is 10.1. The summed E-state index contributed by atoms with van der Waals surface area (Å²) in [4.78, 5) is 13.0. The van der Waals surface area contributed by atoms with Crippen LogP contribution in [0.2, 0.25) is 0 Å². The van der Waals surface area contributed by atoms with E-state index in [-0.39, 0.29) is 16.5 Å². The molecule has 4 rings (SSSR count). The summed E-state index contributed by atoms with van der Waals surface area (Å²) >= 11 is 0. The largest absolute Gasteiger partial charge is 0.536 e. The van der Waals surface area contributed by atoms with E-state index in [0.717, 1.165) is 11.6 Å². The normalized spacial score (nSPS) is 12.5. The SMILES string of the molecule is O=C(c1cccc2c1ccn2OS(=O)(=O)C(F)(F)F)n1ccc2ccccc21. The second kappa shape index (κ2) is 6.13. The molecule has 0 atom stereocenters. The Morgan fingerprint density at radius 1 is 0.893 bits per heavy atom. The number of fused-ring (bicyclic) bond motifs is 2. The van der Waals surface area contributed by atoms with Crippen LogP contribution >= 0.6 is 0 Å². The molecule has 0 aliphatic carbocycles. The molecule has 6 nitrogen and oxygen atoms in total. The highest BCUT2D eigenvalue weighted by atomic mass is 32.2. The van der Waals surface area contributed by atoms with Crippen molar-refractivity contribution >= 4 is 37.8 Å². The number of para-hydroxylation sites is 1. The van der Waals surface area contributed by atoms with E-state index < -0.39 is 21.5 Å². The van der Waals surface area contributed by atoms with Crippen LogP contribution in [0.1, 0.15) is 10.4 Å². The predicted molar refractivity (Wildman–Crippen MR) is 95.2 cm³/mol. The van der Waals surface area contributed by atoms with E-state index >= 15 is 0 Å². The van der Waals surface area contributed by atoms with Gasteiger partial charge in [0.05, 0.1) is 11.0 Å². The molecule has 0 aliphatic heterocycles. The number of carbonyl (C=O) groups excluding carboxylic acids is 1. The Kier molecular flexibility index (Phi) is 3.96.